The molecule has 1 unspecified atom stereocenters. The van der Waals surface area contributed by atoms with E-state index >= 15 is 0 Å². The average molecular weight is 221 g/mol. The van der Waals surface area contributed by atoms with Gasteiger partial charge in [-0.15, -0.1) is 0 Å². The van der Waals surface area contributed by atoms with Gasteiger partial charge in [-0.3, -0.25) is 0 Å². The maximum Gasteiger partial charge on any atom is 0.120 e. The first kappa shape index (κ1) is 11.0. The highest BCUT2D eigenvalue weighted by Crippen LogP contribution is 2.23. The molecule has 17 heavy (non-hydrogen) atoms. The third-order valence-electron chi connectivity index (χ3n) is 2.70. The van der Waals surface area contributed by atoms with Crippen LogP contribution in [0.5, 0.6) is 0 Å². The lowest BCUT2D eigenvalue weighted by atomic mass is 10.0. The van der Waals surface area contributed by atoms with Crippen molar-refractivity contribution in [1.29, 1.82) is 10.5 Å². The molecule has 0 bridgehead atoms. The monoisotopic (exact) mass is 221 g/mol. The highest BCUT2D eigenvalue weighted by molar-refractivity contribution is 5.28. The van der Waals surface area contributed by atoms with E-state index in [4.69, 9.17) is 10.5 Å². The van der Waals surface area contributed by atoms with Gasteiger partial charge < -0.3 is 4.57 Å². The van der Waals surface area contributed by atoms with Crippen LogP contribution in [0.25, 0.3) is 0 Å². The van der Waals surface area contributed by atoms with E-state index < -0.39 is 0 Å². The van der Waals surface area contributed by atoms with E-state index in [0.29, 0.717) is 12.1 Å². The number of aromatic nitrogens is 1. The first-order valence-electron chi connectivity index (χ1n) is 5.35. The second kappa shape index (κ2) is 5.01. The fourth-order valence-corrected chi connectivity index (χ4v) is 1.90. The van der Waals surface area contributed by atoms with Gasteiger partial charge in [-0.25, -0.2) is 0 Å². The molecule has 1 aromatic carbocycles. The Kier molecular flexibility index (Phi) is 3.23. The van der Waals surface area contributed by atoms with Crippen LogP contribution in [-0.4, -0.2) is 4.57 Å². The van der Waals surface area contributed by atoms with Crippen molar-refractivity contribution in [1.82, 2.24) is 4.57 Å². The van der Waals surface area contributed by atoms with Crippen molar-refractivity contribution in [2.45, 2.75) is 12.5 Å². The standard InChI is InChI=1S/C14H11N3/c15-9-8-14(12-5-2-1-3-6-12)17-10-4-7-13(17)11-16/h1-7,10,14H,8H2. The van der Waals surface area contributed by atoms with Gasteiger partial charge in [-0.1, -0.05) is 30.3 Å². The molecule has 0 saturated heterocycles. The highest BCUT2D eigenvalue weighted by atomic mass is 15.0. The van der Waals surface area contributed by atoms with Crippen molar-refractivity contribution in [2.24, 2.45) is 0 Å². The maximum atomic E-state index is 9.02. The van der Waals surface area contributed by atoms with Crippen molar-refractivity contribution in [3.8, 4) is 12.1 Å². The summed E-state index contributed by atoms with van der Waals surface area (Å²) in [4.78, 5) is 0. The smallest absolute Gasteiger partial charge is 0.120 e. The predicted octanol–water partition coefficient (Wildman–Crippen LogP) is 2.86. The summed E-state index contributed by atoms with van der Waals surface area (Å²) in [6.07, 6.45) is 2.20. The summed E-state index contributed by atoms with van der Waals surface area (Å²) in [5, 5.41) is 17.9. The summed E-state index contributed by atoms with van der Waals surface area (Å²) in [6.45, 7) is 0. The number of rotatable bonds is 3. The maximum absolute atomic E-state index is 9.02. The van der Waals surface area contributed by atoms with Crippen LogP contribution >= 0.6 is 0 Å². The first-order chi connectivity index (χ1) is 8.36. The first-order valence-corrected chi connectivity index (χ1v) is 5.35. The molecule has 0 aliphatic heterocycles. The number of hydrogen-bond donors (Lipinski definition) is 0. The molecule has 0 fully saturated rings. The molecule has 1 aromatic heterocycles. The van der Waals surface area contributed by atoms with Crippen LogP contribution in [0.4, 0.5) is 0 Å². The van der Waals surface area contributed by atoms with Crippen LogP contribution < -0.4 is 0 Å². The molecule has 1 atom stereocenters. The van der Waals surface area contributed by atoms with Gasteiger partial charge in [0.25, 0.3) is 0 Å². The Morgan fingerprint density at radius 1 is 1.06 bits per heavy atom. The second-order valence-corrected chi connectivity index (χ2v) is 3.70. The summed E-state index contributed by atoms with van der Waals surface area (Å²) < 4.78 is 1.85. The fraction of sp³-hybridized carbons (Fsp3) is 0.143. The minimum absolute atomic E-state index is 0.0918. The van der Waals surface area contributed by atoms with Crippen LogP contribution in [0.3, 0.4) is 0 Å². The van der Waals surface area contributed by atoms with E-state index in [1.54, 1.807) is 6.07 Å². The molecule has 82 valence electrons. The molecular formula is C14H11N3. The molecule has 3 heteroatoms. The Morgan fingerprint density at radius 3 is 2.47 bits per heavy atom. The topological polar surface area (TPSA) is 52.5 Å². The van der Waals surface area contributed by atoms with Gasteiger partial charge in [0, 0.05) is 6.20 Å². The molecular weight excluding hydrogens is 210 g/mol. The minimum Gasteiger partial charge on any atom is -0.331 e. The summed E-state index contributed by atoms with van der Waals surface area (Å²) in [6, 6.07) is 17.6. The average Bonchev–Trinajstić information content (AvgIpc) is 2.85. The zero-order valence-corrected chi connectivity index (χ0v) is 9.24. The van der Waals surface area contributed by atoms with Gasteiger partial charge >= 0.3 is 0 Å². The Labute approximate surface area is 100 Å². The van der Waals surface area contributed by atoms with E-state index in [-0.39, 0.29) is 6.04 Å². The predicted molar refractivity (Wildman–Crippen MR) is 64.0 cm³/mol. The number of benzene rings is 1. The number of hydrogen-bond acceptors (Lipinski definition) is 2. The van der Waals surface area contributed by atoms with Gasteiger partial charge in [0.05, 0.1) is 18.5 Å². The quantitative estimate of drug-likeness (QED) is 0.800. The van der Waals surface area contributed by atoms with E-state index in [1.807, 2.05) is 47.2 Å². The molecule has 0 saturated carbocycles. The lowest BCUT2D eigenvalue weighted by molar-refractivity contribution is 0.594. The van der Waals surface area contributed by atoms with Crippen molar-refractivity contribution in [2.75, 3.05) is 0 Å². The Balaban J connectivity index is 2.44. The van der Waals surface area contributed by atoms with E-state index in [9.17, 15) is 0 Å². The Morgan fingerprint density at radius 2 is 1.82 bits per heavy atom. The van der Waals surface area contributed by atoms with E-state index in [2.05, 4.69) is 12.1 Å². The molecule has 0 N–H and O–H groups in total. The number of nitriles is 2. The van der Waals surface area contributed by atoms with Crippen molar-refractivity contribution < 1.29 is 0 Å². The van der Waals surface area contributed by atoms with E-state index in [1.165, 1.54) is 0 Å². The van der Waals surface area contributed by atoms with Crippen LogP contribution in [-0.2, 0) is 0 Å². The summed E-state index contributed by atoms with van der Waals surface area (Å²) >= 11 is 0. The Hall–Kier alpha value is -2.52. The number of nitrogens with zero attached hydrogens (tertiary/aromatic N) is 3. The summed E-state index contributed by atoms with van der Waals surface area (Å²) in [5.41, 5.74) is 1.62. The van der Waals surface area contributed by atoms with Crippen LogP contribution in [0.1, 0.15) is 23.7 Å². The van der Waals surface area contributed by atoms with Gasteiger partial charge in [0.1, 0.15) is 11.8 Å². The molecule has 2 rings (SSSR count). The van der Waals surface area contributed by atoms with Gasteiger partial charge in [0.15, 0.2) is 0 Å². The van der Waals surface area contributed by atoms with Crippen LogP contribution in [0, 0.1) is 22.7 Å². The molecule has 2 aromatic rings. The second-order valence-electron chi connectivity index (χ2n) is 3.70. The molecule has 1 heterocycles. The SMILES string of the molecule is N#CCC(c1ccccc1)n1cccc1C#N. The van der Waals surface area contributed by atoms with Crippen molar-refractivity contribution in [3.05, 3.63) is 59.9 Å². The highest BCUT2D eigenvalue weighted by Gasteiger charge is 2.15. The molecule has 0 aliphatic rings. The fourth-order valence-electron chi connectivity index (χ4n) is 1.90. The van der Waals surface area contributed by atoms with Gasteiger partial charge in [0.2, 0.25) is 0 Å². The zero-order chi connectivity index (χ0) is 12.1. The van der Waals surface area contributed by atoms with Gasteiger partial charge in [-0.2, -0.15) is 10.5 Å². The molecule has 0 radical (unpaired) electrons. The molecule has 0 spiro atoms. The Bertz CT molecular complexity index is 570. The largest absolute Gasteiger partial charge is 0.331 e. The lowest BCUT2D eigenvalue weighted by Crippen LogP contribution is -2.10. The zero-order valence-electron chi connectivity index (χ0n) is 9.24. The normalized spacial score (nSPS) is 11.4. The van der Waals surface area contributed by atoms with Crippen LogP contribution in [0.2, 0.25) is 0 Å². The van der Waals surface area contributed by atoms with Crippen molar-refractivity contribution in [3.63, 3.8) is 0 Å². The summed E-state index contributed by atoms with van der Waals surface area (Å²) in [5.74, 6) is 0. The molecule has 0 amide bonds. The molecule has 3 nitrogen and oxygen atoms in total. The van der Waals surface area contributed by atoms with Crippen molar-refractivity contribution >= 4 is 0 Å². The third kappa shape index (κ3) is 2.19. The summed E-state index contributed by atoms with van der Waals surface area (Å²) in [7, 11) is 0. The molecule has 0 aliphatic carbocycles. The van der Waals surface area contributed by atoms with Gasteiger partial charge in [-0.05, 0) is 17.7 Å². The van der Waals surface area contributed by atoms with E-state index in [0.717, 1.165) is 5.56 Å². The lowest BCUT2D eigenvalue weighted by Gasteiger charge is -2.17. The van der Waals surface area contributed by atoms with Crippen LogP contribution in [0.15, 0.2) is 48.7 Å². The minimum atomic E-state index is -0.0918. The third-order valence-corrected chi connectivity index (χ3v) is 2.70.